The predicted octanol–water partition coefficient (Wildman–Crippen LogP) is 1.11. The van der Waals surface area contributed by atoms with Crippen LogP contribution < -0.4 is 5.56 Å². The van der Waals surface area contributed by atoms with E-state index in [0.29, 0.717) is 13.1 Å². The van der Waals surface area contributed by atoms with Gasteiger partial charge in [0.2, 0.25) is 0 Å². The number of nitrogens with zero attached hydrogens (tertiary/aromatic N) is 4. The molecule has 0 aromatic carbocycles. The minimum Gasteiger partial charge on any atom is -0.336 e. The van der Waals surface area contributed by atoms with Crippen molar-refractivity contribution in [1.29, 1.82) is 0 Å². The zero-order chi connectivity index (χ0) is 16.4. The molecule has 0 atom stereocenters. The van der Waals surface area contributed by atoms with Crippen LogP contribution in [-0.2, 0) is 13.6 Å². The number of aryl methyl sites for hydroxylation is 2. The molecule has 0 unspecified atom stereocenters. The molecule has 1 amide bonds. The van der Waals surface area contributed by atoms with E-state index in [2.05, 4.69) is 9.88 Å². The van der Waals surface area contributed by atoms with Crippen LogP contribution in [0.5, 0.6) is 0 Å². The molecule has 0 N–H and O–H groups in total. The molecule has 0 saturated carbocycles. The first kappa shape index (κ1) is 15.9. The average Bonchev–Trinajstić information content (AvgIpc) is 2.95. The quantitative estimate of drug-likeness (QED) is 0.845. The van der Waals surface area contributed by atoms with Gasteiger partial charge in [-0.15, -0.1) is 11.3 Å². The van der Waals surface area contributed by atoms with Gasteiger partial charge >= 0.3 is 0 Å². The molecule has 1 aliphatic rings. The summed E-state index contributed by atoms with van der Waals surface area (Å²) in [6.07, 6.45) is 3.58. The van der Waals surface area contributed by atoms with E-state index in [1.165, 1.54) is 9.44 Å². The first-order valence-electron chi connectivity index (χ1n) is 7.63. The smallest absolute Gasteiger partial charge is 0.263 e. The van der Waals surface area contributed by atoms with Gasteiger partial charge in [-0.3, -0.25) is 14.5 Å². The molecule has 0 radical (unpaired) electrons. The summed E-state index contributed by atoms with van der Waals surface area (Å²) < 4.78 is 1.44. The summed E-state index contributed by atoms with van der Waals surface area (Å²) in [6.45, 7) is 5.81. The molecule has 23 heavy (non-hydrogen) atoms. The van der Waals surface area contributed by atoms with Crippen LogP contribution in [0.15, 0.2) is 29.3 Å². The summed E-state index contributed by atoms with van der Waals surface area (Å²) in [4.78, 5) is 34.2. The van der Waals surface area contributed by atoms with Crippen molar-refractivity contribution < 1.29 is 4.79 Å². The molecule has 0 bridgehead atoms. The normalized spacial score (nSPS) is 15.8. The van der Waals surface area contributed by atoms with E-state index in [1.807, 2.05) is 13.1 Å². The molecular weight excluding hydrogens is 312 g/mol. The largest absolute Gasteiger partial charge is 0.336 e. The molecule has 3 heterocycles. The van der Waals surface area contributed by atoms with Crippen LogP contribution in [0.3, 0.4) is 0 Å². The summed E-state index contributed by atoms with van der Waals surface area (Å²) in [5.41, 5.74) is 0.0154. The van der Waals surface area contributed by atoms with Crippen LogP contribution in [0, 0.1) is 6.92 Å². The van der Waals surface area contributed by atoms with Crippen LogP contribution in [0.1, 0.15) is 20.2 Å². The lowest BCUT2D eigenvalue weighted by Crippen LogP contribution is -2.49. The summed E-state index contributed by atoms with van der Waals surface area (Å²) in [6, 6.07) is 3.34. The Morgan fingerprint density at radius 2 is 2.04 bits per heavy atom. The van der Waals surface area contributed by atoms with Crippen molar-refractivity contribution >= 4 is 17.2 Å². The molecule has 7 heteroatoms. The highest BCUT2D eigenvalue weighted by atomic mass is 32.1. The first-order valence-corrected chi connectivity index (χ1v) is 8.45. The van der Waals surface area contributed by atoms with Crippen molar-refractivity contribution in [2.75, 3.05) is 26.2 Å². The number of pyridine rings is 1. The van der Waals surface area contributed by atoms with E-state index in [9.17, 15) is 9.59 Å². The third-order valence-corrected chi connectivity index (χ3v) is 4.96. The second-order valence-corrected chi connectivity index (χ2v) is 7.07. The van der Waals surface area contributed by atoms with Crippen LogP contribution in [-0.4, -0.2) is 51.4 Å². The van der Waals surface area contributed by atoms with Crippen LogP contribution in [0.2, 0.25) is 0 Å². The second kappa shape index (κ2) is 6.64. The van der Waals surface area contributed by atoms with E-state index in [0.717, 1.165) is 24.6 Å². The van der Waals surface area contributed by atoms with Gasteiger partial charge in [-0.1, -0.05) is 0 Å². The maximum atomic E-state index is 12.5. The Balaban J connectivity index is 1.61. The molecule has 122 valence electrons. The fourth-order valence-electron chi connectivity index (χ4n) is 2.74. The Kier molecular flexibility index (Phi) is 4.58. The number of hydrogen-bond acceptors (Lipinski definition) is 5. The molecule has 2 aromatic rings. The number of piperazine rings is 1. The lowest BCUT2D eigenvalue weighted by molar-refractivity contribution is 0.0627. The monoisotopic (exact) mass is 332 g/mol. The van der Waals surface area contributed by atoms with E-state index in [4.69, 9.17) is 0 Å². The topological polar surface area (TPSA) is 58.4 Å². The molecular formula is C16H20N4O2S. The molecule has 0 spiro atoms. The first-order chi connectivity index (χ1) is 11.0. The van der Waals surface area contributed by atoms with Crippen LogP contribution >= 0.6 is 11.3 Å². The van der Waals surface area contributed by atoms with Gasteiger partial charge in [-0.05, 0) is 19.1 Å². The molecule has 0 aliphatic carbocycles. The van der Waals surface area contributed by atoms with Gasteiger partial charge in [0.05, 0.1) is 5.01 Å². The van der Waals surface area contributed by atoms with Gasteiger partial charge in [0.25, 0.3) is 11.5 Å². The number of rotatable bonds is 3. The fraction of sp³-hybridized carbons (Fsp3) is 0.438. The van der Waals surface area contributed by atoms with E-state index in [1.54, 1.807) is 41.6 Å². The summed E-state index contributed by atoms with van der Waals surface area (Å²) >= 11 is 1.71. The van der Waals surface area contributed by atoms with E-state index in [-0.39, 0.29) is 17.0 Å². The predicted molar refractivity (Wildman–Crippen MR) is 89.7 cm³/mol. The van der Waals surface area contributed by atoms with Crippen molar-refractivity contribution in [3.63, 3.8) is 0 Å². The number of carbonyl (C=O) groups is 1. The van der Waals surface area contributed by atoms with Gasteiger partial charge in [-0.2, -0.15) is 0 Å². The van der Waals surface area contributed by atoms with Gasteiger partial charge in [0.15, 0.2) is 0 Å². The Hall–Kier alpha value is -1.99. The number of carbonyl (C=O) groups excluding carboxylic acids is 1. The van der Waals surface area contributed by atoms with Crippen molar-refractivity contribution in [3.05, 3.63) is 50.3 Å². The molecule has 2 aromatic heterocycles. The molecule has 6 nitrogen and oxygen atoms in total. The zero-order valence-corrected chi connectivity index (χ0v) is 14.2. The van der Waals surface area contributed by atoms with Gasteiger partial charge in [0.1, 0.15) is 5.56 Å². The lowest BCUT2D eigenvalue weighted by Gasteiger charge is -2.34. The number of thiazole rings is 1. The van der Waals surface area contributed by atoms with Crippen molar-refractivity contribution in [1.82, 2.24) is 19.4 Å². The third kappa shape index (κ3) is 3.51. The van der Waals surface area contributed by atoms with Crippen molar-refractivity contribution in [3.8, 4) is 0 Å². The highest BCUT2D eigenvalue weighted by Gasteiger charge is 2.24. The highest BCUT2D eigenvalue weighted by molar-refractivity contribution is 7.11. The Morgan fingerprint density at radius 1 is 1.30 bits per heavy atom. The summed E-state index contributed by atoms with van der Waals surface area (Å²) in [5, 5.41) is 1.08. The zero-order valence-electron chi connectivity index (χ0n) is 13.4. The third-order valence-electron chi connectivity index (χ3n) is 4.06. The van der Waals surface area contributed by atoms with Crippen molar-refractivity contribution in [2.24, 2.45) is 7.05 Å². The number of amides is 1. The standard InChI is InChI=1S/C16H20N4O2S/c1-12-17-10-13(23-12)11-19-6-8-20(9-7-19)16(22)14-4-3-5-18(2)15(14)21/h3-5,10H,6-9,11H2,1-2H3. The minimum atomic E-state index is -0.236. The van der Waals surface area contributed by atoms with Crippen LogP contribution in [0.4, 0.5) is 0 Å². The maximum absolute atomic E-state index is 12.5. The lowest BCUT2D eigenvalue weighted by atomic mass is 10.2. The van der Waals surface area contributed by atoms with Gasteiger partial charge in [-0.25, -0.2) is 4.98 Å². The second-order valence-electron chi connectivity index (χ2n) is 5.75. The van der Waals surface area contributed by atoms with Crippen molar-refractivity contribution in [2.45, 2.75) is 13.5 Å². The molecule has 1 saturated heterocycles. The minimum absolute atomic E-state index is 0.167. The average molecular weight is 332 g/mol. The van der Waals surface area contributed by atoms with E-state index < -0.39 is 0 Å². The fourth-order valence-corrected chi connectivity index (χ4v) is 3.58. The molecule has 3 rings (SSSR count). The SMILES string of the molecule is Cc1ncc(CN2CCN(C(=O)c3cccn(C)c3=O)CC2)s1. The maximum Gasteiger partial charge on any atom is 0.263 e. The van der Waals surface area contributed by atoms with E-state index >= 15 is 0 Å². The summed E-state index contributed by atoms with van der Waals surface area (Å²) in [5.74, 6) is -0.167. The van der Waals surface area contributed by atoms with Gasteiger partial charge < -0.3 is 9.47 Å². The molecule has 1 aliphatic heterocycles. The Morgan fingerprint density at radius 3 is 2.70 bits per heavy atom. The Bertz CT molecular complexity index is 759. The van der Waals surface area contributed by atoms with Gasteiger partial charge in [0, 0.05) is 57.0 Å². The number of hydrogen-bond donors (Lipinski definition) is 0. The van der Waals surface area contributed by atoms with Crippen LogP contribution in [0.25, 0.3) is 0 Å². The summed E-state index contributed by atoms with van der Waals surface area (Å²) in [7, 11) is 1.66. The Labute approximate surface area is 139 Å². The molecule has 1 fully saturated rings. The highest BCUT2D eigenvalue weighted by Crippen LogP contribution is 2.15. The number of aromatic nitrogens is 2.